The van der Waals surface area contributed by atoms with Gasteiger partial charge in [-0.2, -0.15) is 8.78 Å². The summed E-state index contributed by atoms with van der Waals surface area (Å²) in [5.74, 6) is 3.70. The van der Waals surface area contributed by atoms with Crippen LogP contribution in [0.4, 0.5) is 8.78 Å². The molecule has 0 radical (unpaired) electrons. The maximum atomic E-state index is 12.4. The predicted molar refractivity (Wildman–Crippen MR) is 116 cm³/mol. The van der Waals surface area contributed by atoms with Gasteiger partial charge >= 0.3 is 6.61 Å². The lowest BCUT2D eigenvalue weighted by Crippen LogP contribution is -2.30. The lowest BCUT2D eigenvalue weighted by Gasteiger charge is -2.42. The molecular formula is C26H34F2O. The van der Waals surface area contributed by atoms with E-state index >= 15 is 0 Å². The summed E-state index contributed by atoms with van der Waals surface area (Å²) in [6, 6.07) is 11.8. The molecule has 2 aromatic carbocycles. The zero-order valence-electron chi connectivity index (χ0n) is 17.6. The molecule has 0 bridgehead atoms. The fourth-order valence-electron chi connectivity index (χ4n) is 5.91. The van der Waals surface area contributed by atoms with Crippen LogP contribution in [0.15, 0.2) is 36.4 Å². The molecule has 2 fully saturated rings. The highest BCUT2D eigenvalue weighted by molar-refractivity contribution is 5.84. The zero-order chi connectivity index (χ0) is 20.2. The SMILES string of the molecule is CCCCC[C@@H]1CC[C@@H]2CC(c3ccc4cc(OC(F)F)ccc4c3)CCC2C1. The van der Waals surface area contributed by atoms with Gasteiger partial charge in [-0.05, 0) is 84.2 Å². The Balaban J connectivity index is 1.38. The molecule has 2 unspecified atom stereocenters. The van der Waals surface area contributed by atoms with Crippen molar-refractivity contribution in [2.45, 2.75) is 83.7 Å². The van der Waals surface area contributed by atoms with Crippen LogP contribution >= 0.6 is 0 Å². The number of unbranched alkanes of at least 4 members (excludes halogenated alkanes) is 2. The van der Waals surface area contributed by atoms with E-state index in [1.165, 1.54) is 69.8 Å². The molecule has 2 aromatic rings. The van der Waals surface area contributed by atoms with Crippen molar-refractivity contribution < 1.29 is 13.5 Å². The Bertz CT molecular complexity index is 802. The second-order valence-electron chi connectivity index (χ2n) is 9.35. The third-order valence-corrected chi connectivity index (χ3v) is 7.47. The number of halogens is 2. The van der Waals surface area contributed by atoms with Crippen molar-refractivity contribution in [3.8, 4) is 5.75 Å². The molecular weight excluding hydrogens is 366 g/mol. The van der Waals surface area contributed by atoms with Crippen LogP contribution in [0, 0.1) is 17.8 Å². The van der Waals surface area contributed by atoms with Crippen LogP contribution in [0.3, 0.4) is 0 Å². The van der Waals surface area contributed by atoms with Crippen molar-refractivity contribution >= 4 is 10.8 Å². The monoisotopic (exact) mass is 400 g/mol. The molecule has 1 nitrogen and oxygen atoms in total. The molecule has 4 atom stereocenters. The maximum Gasteiger partial charge on any atom is 0.387 e. The smallest absolute Gasteiger partial charge is 0.387 e. The second kappa shape index (κ2) is 9.45. The van der Waals surface area contributed by atoms with Gasteiger partial charge in [0.05, 0.1) is 0 Å². The molecule has 2 aliphatic carbocycles. The first kappa shape index (κ1) is 20.6. The fourth-order valence-corrected chi connectivity index (χ4v) is 5.91. The van der Waals surface area contributed by atoms with E-state index in [1.807, 2.05) is 6.07 Å². The topological polar surface area (TPSA) is 9.23 Å². The number of hydrogen-bond donors (Lipinski definition) is 0. The van der Waals surface area contributed by atoms with Crippen LogP contribution in [0.1, 0.15) is 82.6 Å². The first-order valence-electron chi connectivity index (χ1n) is 11.6. The highest BCUT2D eigenvalue weighted by Gasteiger charge is 2.35. The van der Waals surface area contributed by atoms with Crippen molar-refractivity contribution in [2.24, 2.45) is 17.8 Å². The minimum atomic E-state index is -2.77. The van der Waals surface area contributed by atoms with E-state index < -0.39 is 6.61 Å². The van der Waals surface area contributed by atoms with Gasteiger partial charge in [0.2, 0.25) is 0 Å². The van der Waals surface area contributed by atoms with Gasteiger partial charge < -0.3 is 4.74 Å². The number of alkyl halides is 2. The van der Waals surface area contributed by atoms with Crippen LogP contribution in [-0.2, 0) is 0 Å². The third-order valence-electron chi connectivity index (χ3n) is 7.47. The van der Waals surface area contributed by atoms with Crippen molar-refractivity contribution in [1.82, 2.24) is 0 Å². The lowest BCUT2D eigenvalue weighted by molar-refractivity contribution is -0.0497. The van der Waals surface area contributed by atoms with Gasteiger partial charge in [-0.3, -0.25) is 0 Å². The summed E-state index contributed by atoms with van der Waals surface area (Å²) in [6.07, 6.45) is 13.9. The Kier molecular flexibility index (Phi) is 6.72. The van der Waals surface area contributed by atoms with Gasteiger partial charge in [0.25, 0.3) is 0 Å². The number of hydrogen-bond acceptors (Lipinski definition) is 1. The maximum absolute atomic E-state index is 12.4. The zero-order valence-corrected chi connectivity index (χ0v) is 17.6. The fraction of sp³-hybridized carbons (Fsp3) is 0.615. The van der Waals surface area contributed by atoms with E-state index in [4.69, 9.17) is 0 Å². The number of fused-ring (bicyclic) bond motifs is 2. The molecule has 3 heteroatoms. The number of ether oxygens (including phenoxy) is 1. The molecule has 0 saturated heterocycles. The Morgan fingerprint density at radius 1 is 0.897 bits per heavy atom. The van der Waals surface area contributed by atoms with Crippen molar-refractivity contribution in [3.05, 3.63) is 42.0 Å². The molecule has 158 valence electrons. The van der Waals surface area contributed by atoms with E-state index in [0.29, 0.717) is 5.92 Å². The summed E-state index contributed by atoms with van der Waals surface area (Å²) in [4.78, 5) is 0. The molecule has 0 heterocycles. The van der Waals surface area contributed by atoms with E-state index in [2.05, 4.69) is 29.9 Å². The predicted octanol–water partition coefficient (Wildman–Crippen LogP) is 8.32. The molecule has 2 saturated carbocycles. The van der Waals surface area contributed by atoms with Crippen LogP contribution in [0.5, 0.6) is 5.75 Å². The summed E-state index contributed by atoms with van der Waals surface area (Å²) in [6.45, 7) is -0.482. The third kappa shape index (κ3) is 5.10. The molecule has 2 aliphatic rings. The Morgan fingerprint density at radius 2 is 1.66 bits per heavy atom. The molecule has 29 heavy (non-hydrogen) atoms. The molecule has 0 aromatic heterocycles. The minimum Gasteiger partial charge on any atom is -0.435 e. The Labute approximate surface area is 173 Å². The largest absolute Gasteiger partial charge is 0.435 e. The van der Waals surface area contributed by atoms with E-state index in [-0.39, 0.29) is 5.75 Å². The summed E-state index contributed by atoms with van der Waals surface area (Å²) >= 11 is 0. The number of rotatable bonds is 7. The molecule has 0 N–H and O–H groups in total. The summed E-state index contributed by atoms with van der Waals surface area (Å²) in [7, 11) is 0. The molecule has 4 rings (SSSR count). The van der Waals surface area contributed by atoms with Gasteiger partial charge in [0, 0.05) is 0 Å². The van der Waals surface area contributed by atoms with Gasteiger partial charge in [-0.15, -0.1) is 0 Å². The summed E-state index contributed by atoms with van der Waals surface area (Å²) < 4.78 is 29.4. The summed E-state index contributed by atoms with van der Waals surface area (Å²) in [5, 5.41) is 2.08. The summed E-state index contributed by atoms with van der Waals surface area (Å²) in [5.41, 5.74) is 1.42. The molecule has 0 aliphatic heterocycles. The van der Waals surface area contributed by atoms with Crippen LogP contribution in [0.25, 0.3) is 10.8 Å². The van der Waals surface area contributed by atoms with Crippen LogP contribution in [0.2, 0.25) is 0 Å². The number of benzene rings is 2. The normalized spacial score (nSPS) is 27.2. The average molecular weight is 401 g/mol. The van der Waals surface area contributed by atoms with E-state index in [9.17, 15) is 8.78 Å². The Hall–Kier alpha value is -1.64. The Morgan fingerprint density at radius 3 is 2.48 bits per heavy atom. The minimum absolute atomic E-state index is 0.233. The van der Waals surface area contributed by atoms with Gasteiger partial charge in [-0.1, -0.05) is 63.3 Å². The standard InChI is InChI=1S/C26H34F2O/c1-2-3-4-5-18-6-7-20-15-21(9-8-19(20)14-18)22-10-11-24-17-25(29-26(27)28)13-12-23(24)16-22/h10-13,16-21,26H,2-9,14-15H2,1H3/t18-,19?,20-,21?/m1/s1. The lowest BCUT2D eigenvalue weighted by atomic mass is 9.63. The highest BCUT2D eigenvalue weighted by Crippen LogP contribution is 2.48. The van der Waals surface area contributed by atoms with E-state index in [0.717, 1.165) is 28.5 Å². The van der Waals surface area contributed by atoms with Crippen molar-refractivity contribution in [1.29, 1.82) is 0 Å². The van der Waals surface area contributed by atoms with Crippen LogP contribution < -0.4 is 4.74 Å². The van der Waals surface area contributed by atoms with Gasteiger partial charge in [0.15, 0.2) is 0 Å². The second-order valence-corrected chi connectivity index (χ2v) is 9.35. The van der Waals surface area contributed by atoms with Gasteiger partial charge in [-0.25, -0.2) is 0 Å². The van der Waals surface area contributed by atoms with E-state index in [1.54, 1.807) is 12.1 Å². The first-order chi connectivity index (χ1) is 14.1. The average Bonchev–Trinajstić information content (AvgIpc) is 2.73. The van der Waals surface area contributed by atoms with Crippen LogP contribution in [-0.4, -0.2) is 6.61 Å². The first-order valence-corrected chi connectivity index (χ1v) is 11.6. The molecule has 0 spiro atoms. The molecule has 0 amide bonds. The highest BCUT2D eigenvalue weighted by atomic mass is 19.3. The van der Waals surface area contributed by atoms with Gasteiger partial charge in [0.1, 0.15) is 5.75 Å². The van der Waals surface area contributed by atoms with Crippen molar-refractivity contribution in [2.75, 3.05) is 0 Å². The quantitative estimate of drug-likeness (QED) is 0.425. The van der Waals surface area contributed by atoms with Crippen molar-refractivity contribution in [3.63, 3.8) is 0 Å².